The predicted octanol–water partition coefficient (Wildman–Crippen LogP) is 0.628. The molecule has 14 heavy (non-hydrogen) atoms. The van der Waals surface area contributed by atoms with E-state index in [9.17, 15) is 4.79 Å². The molecule has 2 N–H and O–H groups in total. The fraction of sp³-hybridized carbons (Fsp3) is 0.800. The van der Waals surface area contributed by atoms with E-state index in [1.165, 1.54) is 0 Å². The first-order valence-corrected chi connectivity index (χ1v) is 5.09. The van der Waals surface area contributed by atoms with Crippen molar-refractivity contribution < 1.29 is 4.79 Å². The van der Waals surface area contributed by atoms with Crippen LogP contribution in [0.5, 0.6) is 0 Å². The molecule has 1 heterocycles. The second-order valence-electron chi connectivity index (χ2n) is 3.86. The summed E-state index contributed by atoms with van der Waals surface area (Å²) in [6.07, 6.45) is 3.46. The molecule has 1 saturated heterocycles. The zero-order valence-electron chi connectivity index (χ0n) is 8.57. The Labute approximate surface area is 84.7 Å². The summed E-state index contributed by atoms with van der Waals surface area (Å²) in [4.78, 5) is 13.2. The van der Waals surface area contributed by atoms with Crippen LogP contribution in [0.15, 0.2) is 0 Å². The molecule has 0 radical (unpaired) electrons. The molecular formula is C10H17N3O. The third-order valence-corrected chi connectivity index (χ3v) is 2.83. The van der Waals surface area contributed by atoms with E-state index in [0.29, 0.717) is 6.42 Å². The van der Waals surface area contributed by atoms with Crippen molar-refractivity contribution in [3.8, 4) is 6.07 Å². The second-order valence-corrected chi connectivity index (χ2v) is 3.86. The number of amides is 1. The van der Waals surface area contributed by atoms with Crippen molar-refractivity contribution in [3.63, 3.8) is 0 Å². The monoisotopic (exact) mass is 195 g/mol. The third-order valence-electron chi connectivity index (χ3n) is 2.83. The minimum atomic E-state index is -0.255. The topological polar surface area (TPSA) is 70.1 Å². The number of rotatable bonds is 3. The van der Waals surface area contributed by atoms with Crippen molar-refractivity contribution in [2.24, 2.45) is 5.73 Å². The molecule has 0 aromatic rings. The van der Waals surface area contributed by atoms with Crippen LogP contribution in [0.1, 0.15) is 32.6 Å². The summed E-state index contributed by atoms with van der Waals surface area (Å²) in [6, 6.07) is 2.11. The number of primary amides is 1. The molecule has 4 heteroatoms. The number of carbonyl (C=O) groups excluding carboxylic acids is 1. The number of piperidine rings is 1. The molecule has 4 nitrogen and oxygen atoms in total. The minimum absolute atomic E-state index is 0.137. The van der Waals surface area contributed by atoms with Gasteiger partial charge >= 0.3 is 0 Å². The largest absolute Gasteiger partial charge is 0.368 e. The summed E-state index contributed by atoms with van der Waals surface area (Å²) in [5.41, 5.74) is 5.33. The van der Waals surface area contributed by atoms with Gasteiger partial charge in [0.05, 0.1) is 18.5 Å². The molecule has 1 aliphatic heterocycles. The van der Waals surface area contributed by atoms with Gasteiger partial charge in [0.1, 0.15) is 0 Å². The van der Waals surface area contributed by atoms with Crippen molar-refractivity contribution in [1.29, 1.82) is 5.26 Å². The van der Waals surface area contributed by atoms with Crippen LogP contribution in [0, 0.1) is 11.3 Å². The number of likely N-dealkylation sites (tertiary alicyclic amines) is 1. The lowest BCUT2D eigenvalue weighted by atomic mass is 9.99. The summed E-state index contributed by atoms with van der Waals surface area (Å²) < 4.78 is 0. The van der Waals surface area contributed by atoms with Crippen LogP contribution >= 0.6 is 0 Å². The molecule has 0 bridgehead atoms. The zero-order valence-corrected chi connectivity index (χ0v) is 8.57. The van der Waals surface area contributed by atoms with Crippen LogP contribution in [-0.2, 0) is 4.79 Å². The molecule has 1 amide bonds. The van der Waals surface area contributed by atoms with E-state index >= 15 is 0 Å². The highest BCUT2D eigenvalue weighted by molar-refractivity contribution is 5.79. The molecule has 0 aromatic carbocycles. The molecule has 2 atom stereocenters. The number of hydrogen-bond donors (Lipinski definition) is 1. The van der Waals surface area contributed by atoms with E-state index in [4.69, 9.17) is 11.0 Å². The molecule has 0 spiro atoms. The lowest BCUT2D eigenvalue weighted by Crippen LogP contribution is -2.51. The van der Waals surface area contributed by atoms with Crippen molar-refractivity contribution in [2.75, 3.05) is 6.54 Å². The van der Waals surface area contributed by atoms with E-state index in [2.05, 4.69) is 11.0 Å². The van der Waals surface area contributed by atoms with Crippen LogP contribution in [0.4, 0.5) is 0 Å². The van der Waals surface area contributed by atoms with Crippen molar-refractivity contribution in [1.82, 2.24) is 4.90 Å². The van der Waals surface area contributed by atoms with Gasteiger partial charge in [-0.05, 0) is 26.3 Å². The first-order chi connectivity index (χ1) is 6.66. The molecule has 1 aliphatic rings. The van der Waals surface area contributed by atoms with Gasteiger partial charge < -0.3 is 5.73 Å². The Bertz CT molecular complexity index is 246. The van der Waals surface area contributed by atoms with Gasteiger partial charge in [0.15, 0.2) is 0 Å². The van der Waals surface area contributed by atoms with Gasteiger partial charge in [0, 0.05) is 6.04 Å². The highest BCUT2D eigenvalue weighted by Gasteiger charge is 2.29. The van der Waals surface area contributed by atoms with E-state index in [1.54, 1.807) is 0 Å². The van der Waals surface area contributed by atoms with Gasteiger partial charge in [-0.3, -0.25) is 9.69 Å². The summed E-state index contributed by atoms with van der Waals surface area (Å²) in [6.45, 7) is 2.86. The molecule has 1 fully saturated rings. The lowest BCUT2D eigenvalue weighted by molar-refractivity contribution is -0.125. The summed E-state index contributed by atoms with van der Waals surface area (Å²) in [5.74, 6) is -0.255. The van der Waals surface area contributed by atoms with Crippen LogP contribution < -0.4 is 5.73 Å². The first-order valence-electron chi connectivity index (χ1n) is 5.09. The summed E-state index contributed by atoms with van der Waals surface area (Å²) >= 11 is 0. The van der Waals surface area contributed by atoms with E-state index in [1.807, 2.05) is 6.92 Å². The second kappa shape index (κ2) is 4.97. The van der Waals surface area contributed by atoms with Gasteiger partial charge in [0.25, 0.3) is 0 Å². The number of nitriles is 1. The highest BCUT2D eigenvalue weighted by atomic mass is 16.1. The maximum Gasteiger partial charge on any atom is 0.234 e. The Morgan fingerprint density at radius 1 is 1.71 bits per heavy atom. The Kier molecular flexibility index (Phi) is 3.90. The fourth-order valence-corrected chi connectivity index (χ4v) is 2.04. The average Bonchev–Trinajstić information content (AvgIpc) is 2.18. The van der Waals surface area contributed by atoms with E-state index in [-0.39, 0.29) is 18.0 Å². The fourth-order valence-electron chi connectivity index (χ4n) is 2.04. The normalized spacial score (nSPS) is 25.3. The van der Waals surface area contributed by atoms with Crippen molar-refractivity contribution in [2.45, 2.75) is 44.7 Å². The predicted molar refractivity (Wildman–Crippen MR) is 53.2 cm³/mol. The van der Waals surface area contributed by atoms with Gasteiger partial charge in [-0.2, -0.15) is 5.26 Å². The molecule has 1 rings (SSSR count). The van der Waals surface area contributed by atoms with Gasteiger partial charge in [-0.1, -0.05) is 6.42 Å². The van der Waals surface area contributed by atoms with E-state index < -0.39 is 0 Å². The highest BCUT2D eigenvalue weighted by Crippen LogP contribution is 2.20. The Hall–Kier alpha value is -1.08. The molecule has 78 valence electrons. The maximum absolute atomic E-state index is 11.2. The summed E-state index contributed by atoms with van der Waals surface area (Å²) in [7, 11) is 0. The standard InChI is InChI=1S/C10H17N3O/c1-8(5-6-11)13-7-3-2-4-9(13)10(12)14/h8-9H,2-5,7H2,1H3,(H2,12,14). The van der Waals surface area contributed by atoms with Crippen LogP contribution in [0.3, 0.4) is 0 Å². The molecule has 0 aromatic heterocycles. The van der Waals surface area contributed by atoms with Crippen LogP contribution in [0.25, 0.3) is 0 Å². The van der Waals surface area contributed by atoms with Crippen molar-refractivity contribution >= 4 is 5.91 Å². The number of hydrogen-bond acceptors (Lipinski definition) is 3. The van der Waals surface area contributed by atoms with Gasteiger partial charge in [-0.25, -0.2) is 0 Å². The van der Waals surface area contributed by atoms with Crippen LogP contribution in [-0.4, -0.2) is 29.4 Å². The number of nitrogens with two attached hydrogens (primary N) is 1. The number of carbonyl (C=O) groups is 1. The number of nitrogens with zero attached hydrogens (tertiary/aromatic N) is 2. The smallest absolute Gasteiger partial charge is 0.234 e. The third kappa shape index (κ3) is 2.46. The maximum atomic E-state index is 11.2. The molecule has 2 unspecified atom stereocenters. The Morgan fingerprint density at radius 3 is 3.00 bits per heavy atom. The molecule has 0 saturated carbocycles. The molecule has 0 aliphatic carbocycles. The Balaban J connectivity index is 2.63. The molecular weight excluding hydrogens is 178 g/mol. The average molecular weight is 195 g/mol. The van der Waals surface area contributed by atoms with Gasteiger partial charge in [0.2, 0.25) is 5.91 Å². The zero-order chi connectivity index (χ0) is 10.6. The first kappa shape index (κ1) is 11.0. The minimum Gasteiger partial charge on any atom is -0.368 e. The Morgan fingerprint density at radius 2 is 2.43 bits per heavy atom. The van der Waals surface area contributed by atoms with Crippen LogP contribution in [0.2, 0.25) is 0 Å². The van der Waals surface area contributed by atoms with E-state index in [0.717, 1.165) is 25.8 Å². The quantitative estimate of drug-likeness (QED) is 0.718. The summed E-state index contributed by atoms with van der Waals surface area (Å²) in [5, 5.41) is 8.60. The van der Waals surface area contributed by atoms with Gasteiger partial charge in [-0.15, -0.1) is 0 Å². The lowest BCUT2D eigenvalue weighted by Gasteiger charge is -2.37. The van der Waals surface area contributed by atoms with Crippen molar-refractivity contribution in [3.05, 3.63) is 0 Å². The SMILES string of the molecule is CC(CC#N)N1CCCCC1C(N)=O.